The molecule has 8 heteroatoms. The lowest BCUT2D eigenvalue weighted by Gasteiger charge is -2.11. The topological polar surface area (TPSA) is 84.5 Å². The third-order valence-electron chi connectivity index (χ3n) is 4.60. The smallest absolute Gasteiger partial charge is 0.261 e. The maximum absolute atomic E-state index is 12.6. The summed E-state index contributed by atoms with van der Waals surface area (Å²) in [5, 5.41) is 2.75. The number of rotatable bonds is 6. The third kappa shape index (κ3) is 5.01. The minimum absolute atomic E-state index is 0.103. The summed E-state index contributed by atoms with van der Waals surface area (Å²) in [6.45, 7) is 3.89. The van der Waals surface area contributed by atoms with E-state index < -0.39 is 10.0 Å². The van der Waals surface area contributed by atoms with Gasteiger partial charge in [-0.3, -0.25) is 9.52 Å². The van der Waals surface area contributed by atoms with Crippen LogP contribution in [0.5, 0.6) is 5.75 Å². The second kappa shape index (κ2) is 8.89. The number of carbonyl (C=O) groups is 1. The quantitative estimate of drug-likeness (QED) is 0.503. The summed E-state index contributed by atoms with van der Waals surface area (Å²) in [5.41, 5.74) is 3.51. The SMILES string of the molecule is COc1ccc(C(=O)Nc2ccc(S(=O)(=O)Nc3ccc(C)c(C)c3)cc2)cc1Br. The third-order valence-corrected chi connectivity index (χ3v) is 6.61. The fraction of sp³-hybridized carbons (Fsp3) is 0.136. The van der Waals surface area contributed by atoms with Crippen LogP contribution < -0.4 is 14.8 Å². The Hall–Kier alpha value is -2.84. The highest BCUT2D eigenvalue weighted by Crippen LogP contribution is 2.26. The molecule has 0 radical (unpaired) electrons. The molecule has 0 aliphatic rings. The second-order valence-corrected chi connectivity index (χ2v) is 9.27. The van der Waals surface area contributed by atoms with Crippen molar-refractivity contribution in [1.82, 2.24) is 0 Å². The first kappa shape index (κ1) is 21.9. The molecule has 0 aromatic heterocycles. The highest BCUT2D eigenvalue weighted by molar-refractivity contribution is 9.10. The Balaban J connectivity index is 1.72. The highest BCUT2D eigenvalue weighted by atomic mass is 79.9. The normalized spacial score (nSPS) is 11.1. The maximum atomic E-state index is 12.6. The molecule has 156 valence electrons. The van der Waals surface area contributed by atoms with Crippen molar-refractivity contribution in [3.63, 3.8) is 0 Å². The minimum Gasteiger partial charge on any atom is -0.496 e. The number of sulfonamides is 1. The summed E-state index contributed by atoms with van der Waals surface area (Å²) >= 11 is 3.35. The molecule has 6 nitrogen and oxygen atoms in total. The second-order valence-electron chi connectivity index (χ2n) is 6.73. The van der Waals surface area contributed by atoms with Crippen molar-refractivity contribution < 1.29 is 17.9 Å². The molecule has 3 rings (SSSR count). The van der Waals surface area contributed by atoms with Crippen LogP contribution in [0, 0.1) is 13.8 Å². The number of methoxy groups -OCH3 is 1. The predicted molar refractivity (Wildman–Crippen MR) is 122 cm³/mol. The van der Waals surface area contributed by atoms with Gasteiger partial charge in [-0.15, -0.1) is 0 Å². The van der Waals surface area contributed by atoms with Crippen molar-refractivity contribution in [1.29, 1.82) is 0 Å². The molecule has 0 heterocycles. The number of hydrogen-bond donors (Lipinski definition) is 2. The first-order valence-corrected chi connectivity index (χ1v) is 11.3. The monoisotopic (exact) mass is 488 g/mol. The van der Waals surface area contributed by atoms with E-state index in [1.165, 1.54) is 12.1 Å². The molecule has 2 N–H and O–H groups in total. The average molecular weight is 489 g/mol. The van der Waals surface area contributed by atoms with Crippen LogP contribution in [-0.4, -0.2) is 21.4 Å². The molecule has 0 saturated heterocycles. The van der Waals surface area contributed by atoms with Crippen LogP contribution in [0.25, 0.3) is 0 Å². The van der Waals surface area contributed by atoms with Gasteiger partial charge >= 0.3 is 0 Å². The Morgan fingerprint density at radius 2 is 1.57 bits per heavy atom. The molecule has 1 amide bonds. The van der Waals surface area contributed by atoms with Gasteiger partial charge in [0.1, 0.15) is 5.75 Å². The van der Waals surface area contributed by atoms with Crippen molar-refractivity contribution in [2.24, 2.45) is 0 Å². The molecule has 0 unspecified atom stereocenters. The number of nitrogens with one attached hydrogen (secondary N) is 2. The molecule has 3 aromatic rings. The van der Waals surface area contributed by atoms with Crippen LogP contribution in [-0.2, 0) is 10.0 Å². The van der Waals surface area contributed by atoms with Crippen molar-refractivity contribution in [2.45, 2.75) is 18.7 Å². The molecule has 0 aliphatic carbocycles. The molecule has 0 fully saturated rings. The van der Waals surface area contributed by atoms with E-state index in [0.717, 1.165) is 11.1 Å². The van der Waals surface area contributed by atoms with Crippen molar-refractivity contribution in [3.8, 4) is 5.75 Å². The number of halogens is 1. The van der Waals surface area contributed by atoms with Gasteiger partial charge in [-0.2, -0.15) is 0 Å². The molecule has 0 atom stereocenters. The summed E-state index contributed by atoms with van der Waals surface area (Å²) < 4.78 is 33.7. The Morgan fingerprint density at radius 1 is 0.900 bits per heavy atom. The van der Waals surface area contributed by atoms with Crippen LogP contribution in [0.1, 0.15) is 21.5 Å². The number of ether oxygens (including phenoxy) is 1. The van der Waals surface area contributed by atoms with Crippen LogP contribution in [0.4, 0.5) is 11.4 Å². The van der Waals surface area contributed by atoms with E-state index in [1.54, 1.807) is 49.6 Å². The van der Waals surface area contributed by atoms with Crippen LogP contribution in [0.3, 0.4) is 0 Å². The van der Waals surface area contributed by atoms with E-state index in [4.69, 9.17) is 4.74 Å². The summed E-state index contributed by atoms with van der Waals surface area (Å²) in [4.78, 5) is 12.5. The van der Waals surface area contributed by atoms with Gasteiger partial charge in [-0.05, 0) is 95.5 Å². The maximum Gasteiger partial charge on any atom is 0.261 e. The van der Waals surface area contributed by atoms with Gasteiger partial charge in [-0.1, -0.05) is 6.07 Å². The molecule has 30 heavy (non-hydrogen) atoms. The fourth-order valence-electron chi connectivity index (χ4n) is 2.75. The standard InChI is InChI=1S/C22H21BrN2O4S/c1-14-4-6-18(12-15(14)2)25-30(27,28)19-9-7-17(8-10-19)24-22(26)16-5-11-21(29-3)20(23)13-16/h4-13,25H,1-3H3,(H,24,26). The van der Waals surface area contributed by atoms with Crippen LogP contribution in [0.15, 0.2) is 70.0 Å². The molecular weight excluding hydrogens is 468 g/mol. The number of aryl methyl sites for hydroxylation is 2. The Kier molecular flexibility index (Phi) is 6.48. The number of hydrogen-bond acceptors (Lipinski definition) is 4. The van der Waals surface area contributed by atoms with Gasteiger partial charge in [0.05, 0.1) is 16.5 Å². The minimum atomic E-state index is -3.74. The summed E-state index contributed by atoms with van der Waals surface area (Å²) in [6, 6.07) is 16.3. The summed E-state index contributed by atoms with van der Waals surface area (Å²) in [5.74, 6) is 0.305. The lowest BCUT2D eigenvalue weighted by Crippen LogP contribution is -2.14. The molecular formula is C22H21BrN2O4S. The number of anilines is 2. The Labute approximate surface area is 184 Å². The molecule has 3 aromatic carbocycles. The van der Waals surface area contributed by atoms with Gasteiger partial charge in [0.25, 0.3) is 15.9 Å². The first-order valence-electron chi connectivity index (χ1n) is 9.04. The van der Waals surface area contributed by atoms with Crippen molar-refractivity contribution in [3.05, 3.63) is 81.8 Å². The summed E-state index contributed by atoms with van der Waals surface area (Å²) in [6.07, 6.45) is 0. The van der Waals surface area contributed by atoms with Crippen LogP contribution in [0.2, 0.25) is 0 Å². The van der Waals surface area contributed by atoms with E-state index in [9.17, 15) is 13.2 Å². The van der Waals surface area contributed by atoms with Crippen molar-refractivity contribution >= 4 is 43.2 Å². The number of benzene rings is 3. The number of amides is 1. The lowest BCUT2D eigenvalue weighted by molar-refractivity contribution is 0.102. The van der Waals surface area contributed by atoms with Gasteiger partial charge in [-0.25, -0.2) is 8.42 Å². The summed E-state index contributed by atoms with van der Waals surface area (Å²) in [7, 11) is -2.19. The fourth-order valence-corrected chi connectivity index (χ4v) is 4.34. The van der Waals surface area contributed by atoms with Crippen LogP contribution >= 0.6 is 15.9 Å². The van der Waals surface area contributed by atoms with Gasteiger partial charge in [0.2, 0.25) is 0 Å². The largest absolute Gasteiger partial charge is 0.496 e. The predicted octanol–water partition coefficient (Wildman–Crippen LogP) is 5.13. The Morgan fingerprint density at radius 3 is 2.17 bits per heavy atom. The van der Waals surface area contributed by atoms with Gasteiger partial charge in [0, 0.05) is 16.9 Å². The first-order chi connectivity index (χ1) is 14.2. The highest BCUT2D eigenvalue weighted by Gasteiger charge is 2.15. The van der Waals surface area contributed by atoms with E-state index in [2.05, 4.69) is 26.0 Å². The van der Waals surface area contributed by atoms with Gasteiger partial charge in [0.15, 0.2) is 0 Å². The zero-order chi connectivity index (χ0) is 21.9. The lowest BCUT2D eigenvalue weighted by atomic mass is 10.1. The van der Waals surface area contributed by atoms with E-state index in [0.29, 0.717) is 27.2 Å². The Bertz CT molecular complexity index is 1190. The van der Waals surface area contributed by atoms with E-state index in [-0.39, 0.29) is 10.8 Å². The molecule has 0 aliphatic heterocycles. The zero-order valence-electron chi connectivity index (χ0n) is 16.7. The molecule has 0 saturated carbocycles. The van der Waals surface area contributed by atoms with Gasteiger partial charge < -0.3 is 10.1 Å². The average Bonchev–Trinajstić information content (AvgIpc) is 2.71. The van der Waals surface area contributed by atoms with E-state index in [1.807, 2.05) is 19.9 Å². The molecule has 0 bridgehead atoms. The molecule has 0 spiro atoms. The zero-order valence-corrected chi connectivity index (χ0v) is 19.1. The van der Waals surface area contributed by atoms with E-state index >= 15 is 0 Å². The number of carbonyl (C=O) groups excluding carboxylic acids is 1. The van der Waals surface area contributed by atoms with Crippen molar-refractivity contribution in [2.75, 3.05) is 17.1 Å².